The summed E-state index contributed by atoms with van der Waals surface area (Å²) in [6, 6.07) is 19.1. The molecule has 0 saturated heterocycles. The topological polar surface area (TPSA) is 17.8 Å². The van der Waals surface area contributed by atoms with Crippen LogP contribution in [0.5, 0.6) is 0 Å². The first-order valence-electron chi connectivity index (χ1n) is 7.01. The van der Waals surface area contributed by atoms with Crippen LogP contribution >= 0.6 is 0 Å². The predicted molar refractivity (Wildman–Crippen MR) is 89.2 cm³/mol. The standard InChI is InChI=1S/C18H18N2Se/c1-13-8-7-11-17(12-13)21-18-14(2)19-20(15(18)3)16-9-5-4-6-10-16/h4-12H,1-3H3. The zero-order valence-corrected chi connectivity index (χ0v) is 14.2. The molecule has 0 aliphatic carbocycles. The van der Waals surface area contributed by atoms with Gasteiger partial charge in [-0.25, -0.2) is 0 Å². The monoisotopic (exact) mass is 342 g/mol. The van der Waals surface area contributed by atoms with E-state index in [2.05, 4.69) is 74.0 Å². The van der Waals surface area contributed by atoms with Crippen molar-refractivity contribution in [1.82, 2.24) is 9.78 Å². The molecule has 3 rings (SSSR count). The Morgan fingerprint density at radius 2 is 1.67 bits per heavy atom. The Labute approximate surface area is 132 Å². The maximum atomic E-state index is 4.73. The van der Waals surface area contributed by atoms with Gasteiger partial charge in [0.05, 0.1) is 0 Å². The van der Waals surface area contributed by atoms with Crippen LogP contribution in [0.1, 0.15) is 17.0 Å². The molecule has 0 spiro atoms. The molecule has 0 unspecified atom stereocenters. The number of benzene rings is 2. The molecule has 0 amide bonds. The molecule has 0 aliphatic rings. The van der Waals surface area contributed by atoms with Gasteiger partial charge in [0.1, 0.15) is 0 Å². The second-order valence-corrected chi connectivity index (χ2v) is 7.44. The fourth-order valence-corrected chi connectivity index (χ4v) is 4.60. The van der Waals surface area contributed by atoms with Crippen molar-refractivity contribution in [3.63, 3.8) is 0 Å². The van der Waals surface area contributed by atoms with Crippen LogP contribution in [-0.2, 0) is 0 Å². The van der Waals surface area contributed by atoms with Crippen molar-refractivity contribution in [2.45, 2.75) is 20.8 Å². The van der Waals surface area contributed by atoms with Crippen LogP contribution in [0, 0.1) is 20.8 Å². The van der Waals surface area contributed by atoms with E-state index in [0.717, 1.165) is 11.4 Å². The first-order valence-corrected chi connectivity index (χ1v) is 8.72. The Hall–Kier alpha value is -1.83. The van der Waals surface area contributed by atoms with Gasteiger partial charge in [0.15, 0.2) is 0 Å². The van der Waals surface area contributed by atoms with Crippen LogP contribution in [0.15, 0.2) is 54.6 Å². The van der Waals surface area contributed by atoms with Crippen molar-refractivity contribution >= 4 is 23.9 Å². The zero-order chi connectivity index (χ0) is 14.8. The fraction of sp³-hybridized carbons (Fsp3) is 0.167. The van der Waals surface area contributed by atoms with Crippen molar-refractivity contribution in [2.24, 2.45) is 0 Å². The summed E-state index contributed by atoms with van der Waals surface area (Å²) in [4.78, 5) is 0. The molecule has 21 heavy (non-hydrogen) atoms. The first-order chi connectivity index (χ1) is 10.1. The van der Waals surface area contributed by atoms with Crippen LogP contribution < -0.4 is 8.92 Å². The van der Waals surface area contributed by atoms with Gasteiger partial charge in [-0.1, -0.05) is 0 Å². The fourth-order valence-electron chi connectivity index (χ4n) is 2.39. The van der Waals surface area contributed by atoms with Gasteiger partial charge in [0, 0.05) is 0 Å². The maximum absolute atomic E-state index is 4.73. The molecule has 1 heterocycles. The van der Waals surface area contributed by atoms with Crippen LogP contribution in [0.3, 0.4) is 0 Å². The van der Waals surface area contributed by atoms with Gasteiger partial charge < -0.3 is 0 Å². The summed E-state index contributed by atoms with van der Waals surface area (Å²) >= 11 is 0.299. The Morgan fingerprint density at radius 1 is 0.905 bits per heavy atom. The number of aromatic nitrogens is 2. The van der Waals surface area contributed by atoms with E-state index in [1.54, 1.807) is 0 Å². The van der Waals surface area contributed by atoms with Gasteiger partial charge in [0.25, 0.3) is 0 Å². The van der Waals surface area contributed by atoms with Gasteiger partial charge in [0.2, 0.25) is 0 Å². The molecule has 3 aromatic rings. The van der Waals surface area contributed by atoms with Crippen molar-refractivity contribution in [2.75, 3.05) is 0 Å². The molecule has 106 valence electrons. The Kier molecular flexibility index (Phi) is 3.96. The molecule has 0 radical (unpaired) electrons. The number of hydrogen-bond acceptors (Lipinski definition) is 1. The van der Waals surface area contributed by atoms with E-state index in [-0.39, 0.29) is 0 Å². The minimum absolute atomic E-state index is 0.299. The van der Waals surface area contributed by atoms with Gasteiger partial charge >= 0.3 is 132 Å². The molecule has 0 fully saturated rings. The quantitative estimate of drug-likeness (QED) is 0.669. The van der Waals surface area contributed by atoms with Crippen LogP contribution in [0.2, 0.25) is 0 Å². The van der Waals surface area contributed by atoms with Gasteiger partial charge in [-0.15, -0.1) is 0 Å². The SMILES string of the molecule is Cc1cccc([Se]c2c(C)nn(-c3ccccc3)c2C)c1. The summed E-state index contributed by atoms with van der Waals surface area (Å²) in [5, 5.41) is 4.73. The average Bonchev–Trinajstić information content (AvgIpc) is 2.76. The number of para-hydroxylation sites is 1. The van der Waals surface area contributed by atoms with E-state index in [9.17, 15) is 0 Å². The second kappa shape index (κ2) is 5.88. The summed E-state index contributed by atoms with van der Waals surface area (Å²) < 4.78 is 4.85. The Bertz CT molecular complexity index is 760. The molecular formula is C18H18N2Se. The third-order valence-corrected chi connectivity index (χ3v) is 6.13. The normalized spacial score (nSPS) is 10.8. The molecular weight excluding hydrogens is 323 g/mol. The molecule has 2 nitrogen and oxygen atoms in total. The summed E-state index contributed by atoms with van der Waals surface area (Å²) in [7, 11) is 0. The summed E-state index contributed by atoms with van der Waals surface area (Å²) in [6.45, 7) is 6.42. The van der Waals surface area contributed by atoms with Crippen LogP contribution in [0.4, 0.5) is 0 Å². The second-order valence-electron chi connectivity index (χ2n) is 5.17. The predicted octanol–water partition coefficient (Wildman–Crippen LogP) is 2.45. The van der Waals surface area contributed by atoms with Crippen molar-refractivity contribution in [3.05, 3.63) is 71.5 Å². The number of aryl methyl sites for hydroxylation is 2. The average molecular weight is 341 g/mol. The van der Waals surface area contributed by atoms with Gasteiger partial charge in [-0.05, 0) is 0 Å². The summed E-state index contributed by atoms with van der Waals surface area (Å²) in [5.74, 6) is 0. The molecule has 2 aromatic carbocycles. The molecule has 1 aromatic heterocycles. The van der Waals surface area contributed by atoms with Gasteiger partial charge in [-0.2, -0.15) is 0 Å². The molecule has 0 atom stereocenters. The van der Waals surface area contributed by atoms with Gasteiger partial charge in [-0.3, -0.25) is 0 Å². The zero-order valence-electron chi connectivity index (χ0n) is 12.5. The number of hydrogen-bond donors (Lipinski definition) is 0. The minimum atomic E-state index is 0.299. The van der Waals surface area contributed by atoms with Crippen LogP contribution in [0.25, 0.3) is 5.69 Å². The van der Waals surface area contributed by atoms with Crippen LogP contribution in [-0.4, -0.2) is 24.7 Å². The van der Waals surface area contributed by atoms with Crippen molar-refractivity contribution < 1.29 is 0 Å². The first kappa shape index (κ1) is 14.1. The molecule has 0 aliphatic heterocycles. The Morgan fingerprint density at radius 3 is 2.38 bits per heavy atom. The summed E-state index contributed by atoms with van der Waals surface area (Å²) in [5.41, 5.74) is 4.84. The van der Waals surface area contributed by atoms with E-state index in [1.807, 2.05) is 6.07 Å². The molecule has 0 N–H and O–H groups in total. The van der Waals surface area contributed by atoms with E-state index in [4.69, 9.17) is 5.10 Å². The number of nitrogens with zero attached hydrogens (tertiary/aromatic N) is 2. The molecule has 3 heteroatoms. The number of rotatable bonds is 3. The van der Waals surface area contributed by atoms with Crippen molar-refractivity contribution in [1.29, 1.82) is 0 Å². The van der Waals surface area contributed by atoms with E-state index >= 15 is 0 Å². The third-order valence-electron chi connectivity index (χ3n) is 3.44. The molecule has 0 saturated carbocycles. The third kappa shape index (κ3) is 2.94. The Balaban J connectivity index is 1.99. The van der Waals surface area contributed by atoms with E-state index in [0.29, 0.717) is 15.0 Å². The van der Waals surface area contributed by atoms with Crippen molar-refractivity contribution in [3.8, 4) is 5.69 Å². The van der Waals surface area contributed by atoms with E-state index < -0.39 is 0 Å². The molecule has 0 bridgehead atoms. The summed E-state index contributed by atoms with van der Waals surface area (Å²) in [6.07, 6.45) is 0. The van der Waals surface area contributed by atoms with E-state index in [1.165, 1.54) is 20.2 Å².